The van der Waals surface area contributed by atoms with Crippen molar-refractivity contribution in [2.45, 2.75) is 204 Å². The predicted octanol–water partition coefficient (Wildman–Crippen LogP) is 14.3. The molecule has 0 aliphatic carbocycles. The zero-order chi connectivity index (χ0) is 37.6. The minimum absolute atomic E-state index is 0. The van der Waals surface area contributed by atoms with Crippen LogP contribution in [0.4, 0.5) is 0 Å². The molecule has 1 aromatic carbocycles. The lowest BCUT2D eigenvalue weighted by atomic mass is 9.84. The van der Waals surface area contributed by atoms with Gasteiger partial charge in [0.15, 0.2) is 16.6 Å². The van der Waals surface area contributed by atoms with Gasteiger partial charge in [0.25, 0.3) is 0 Å². The van der Waals surface area contributed by atoms with Crippen LogP contribution >= 0.6 is 0 Å². The van der Waals surface area contributed by atoms with Crippen molar-refractivity contribution in [3.8, 4) is 5.75 Å². The molecule has 0 heterocycles. The molecule has 354 valence electrons. The van der Waals surface area contributed by atoms with E-state index >= 15 is 0 Å². The van der Waals surface area contributed by atoms with E-state index in [1.165, 1.54) is 5.56 Å². The summed E-state index contributed by atoms with van der Waals surface area (Å²) in [6.07, 6.45) is 5.08. The van der Waals surface area contributed by atoms with Gasteiger partial charge in [-0.1, -0.05) is 120 Å². The summed E-state index contributed by atoms with van der Waals surface area (Å²) >= 11 is 0. The number of aromatic hydroxyl groups is 1. The Labute approximate surface area is 363 Å². The standard InChI is InChI=1S/C15H36O4Si3.C12H24O3.C10H14O.8CH4.H2O/c1-10-14(2)15(16)17-12-11-13-22(9,18-20(3,4)5)19-21(6,7)8;1-5-12(2,3)11(13)7-10-15-9-6-8-14-4;1-3-8(2)9-4-6-10(11)7-5-9;;;;;;;;;/h14H,10-13H2,1-9H3;5-10H2,1-4H3;4-8,11H,3H2,1-2H3;8*1H4;1H2. The number of hydrogen-bond acceptors (Lipinski definition) is 8. The molecular formula is C45H108O9Si3. The van der Waals surface area contributed by atoms with Crippen molar-refractivity contribution in [2.24, 2.45) is 11.3 Å². The summed E-state index contributed by atoms with van der Waals surface area (Å²) < 4.78 is 28.4. The number of methoxy groups -OCH3 is 1. The molecular weight excluding hydrogens is 769 g/mol. The van der Waals surface area contributed by atoms with E-state index in [1.807, 2.05) is 46.8 Å². The van der Waals surface area contributed by atoms with E-state index in [0.29, 0.717) is 44.5 Å². The molecule has 9 nitrogen and oxygen atoms in total. The molecule has 0 aromatic heterocycles. The van der Waals surface area contributed by atoms with Gasteiger partial charge in [-0.05, 0) is 108 Å². The third-order valence-electron chi connectivity index (χ3n) is 7.90. The maximum absolute atomic E-state index is 11.7. The average Bonchev–Trinajstić information content (AvgIpc) is 2.99. The van der Waals surface area contributed by atoms with Crippen molar-refractivity contribution in [2.75, 3.05) is 33.5 Å². The smallest absolute Gasteiger partial charge is 0.314 e. The molecule has 0 spiro atoms. The second-order valence-corrected chi connectivity index (χ2v) is 28.3. The number of carbonyl (C=O) groups is 2. The van der Waals surface area contributed by atoms with Crippen LogP contribution in [0.5, 0.6) is 5.75 Å². The third-order valence-corrected chi connectivity index (χ3v) is 17.5. The number of ketones is 1. The number of carbonyl (C=O) groups excluding carboxylic acids is 2. The normalized spacial score (nSPS) is 11.3. The molecule has 0 fully saturated rings. The van der Waals surface area contributed by atoms with E-state index in [9.17, 15) is 9.59 Å². The Balaban J connectivity index is -0.0000000599. The highest BCUT2D eigenvalue weighted by molar-refractivity contribution is 6.87. The summed E-state index contributed by atoms with van der Waals surface area (Å²) in [5.41, 5.74) is 1.10. The van der Waals surface area contributed by atoms with Crippen molar-refractivity contribution in [3.63, 3.8) is 0 Å². The molecule has 0 aliphatic heterocycles. The van der Waals surface area contributed by atoms with Crippen LogP contribution in [0.15, 0.2) is 24.3 Å². The summed E-state index contributed by atoms with van der Waals surface area (Å²) in [7, 11) is -3.82. The lowest BCUT2D eigenvalue weighted by molar-refractivity contribution is -0.148. The molecule has 1 aromatic rings. The van der Waals surface area contributed by atoms with Crippen LogP contribution in [0, 0.1) is 11.3 Å². The fraction of sp³-hybridized carbons (Fsp3) is 0.822. The van der Waals surface area contributed by atoms with Gasteiger partial charge in [0, 0.05) is 32.2 Å². The van der Waals surface area contributed by atoms with E-state index in [0.717, 1.165) is 38.1 Å². The number of ether oxygens (including phenoxy) is 3. The molecule has 0 saturated heterocycles. The van der Waals surface area contributed by atoms with Crippen LogP contribution in [0.3, 0.4) is 0 Å². The minimum atomic E-state index is -2.20. The Morgan fingerprint density at radius 2 is 1.16 bits per heavy atom. The van der Waals surface area contributed by atoms with Gasteiger partial charge in [0.1, 0.15) is 11.5 Å². The second kappa shape index (κ2) is 42.7. The molecule has 0 bridgehead atoms. The fourth-order valence-electron chi connectivity index (χ4n) is 4.44. The quantitative estimate of drug-likeness (QED) is 0.0733. The maximum Gasteiger partial charge on any atom is 0.314 e. The first kappa shape index (κ1) is 83.3. The van der Waals surface area contributed by atoms with Crippen LogP contribution < -0.4 is 0 Å². The highest BCUT2D eigenvalue weighted by Crippen LogP contribution is 2.26. The van der Waals surface area contributed by atoms with Crippen molar-refractivity contribution < 1.29 is 42.6 Å². The number of phenolic OH excluding ortho intramolecular Hbond substituents is 1. The van der Waals surface area contributed by atoms with E-state index < -0.39 is 25.2 Å². The summed E-state index contributed by atoms with van der Waals surface area (Å²) in [5.74, 6) is 1.12. The van der Waals surface area contributed by atoms with Gasteiger partial charge in [-0.25, -0.2) is 0 Å². The van der Waals surface area contributed by atoms with Crippen LogP contribution in [0.25, 0.3) is 0 Å². The third kappa shape index (κ3) is 45.5. The van der Waals surface area contributed by atoms with Crippen molar-refractivity contribution in [3.05, 3.63) is 29.8 Å². The summed E-state index contributed by atoms with van der Waals surface area (Å²) in [6, 6.07) is 8.31. The van der Waals surface area contributed by atoms with Crippen LogP contribution in [-0.2, 0) is 32.0 Å². The molecule has 2 unspecified atom stereocenters. The van der Waals surface area contributed by atoms with Gasteiger partial charge in [-0.15, -0.1) is 0 Å². The van der Waals surface area contributed by atoms with Crippen molar-refractivity contribution >= 4 is 36.9 Å². The largest absolute Gasteiger partial charge is 0.508 e. The van der Waals surface area contributed by atoms with Crippen molar-refractivity contribution in [1.29, 1.82) is 0 Å². The molecule has 12 heteroatoms. The number of rotatable bonds is 21. The lowest BCUT2D eigenvalue weighted by Gasteiger charge is -2.38. The predicted molar refractivity (Wildman–Crippen MR) is 266 cm³/mol. The number of phenols is 1. The first-order valence-corrected chi connectivity index (χ1v) is 27.4. The zero-order valence-corrected chi connectivity index (χ0v) is 37.0. The lowest BCUT2D eigenvalue weighted by Crippen LogP contribution is -2.52. The summed E-state index contributed by atoms with van der Waals surface area (Å²) in [5, 5.41) is 9.01. The molecule has 0 radical (unpaired) electrons. The Hall–Kier alpha value is -1.39. The Kier molecular flexibility index (Phi) is 62.5. The SMILES string of the molecule is C.C.C.C.C.C.C.C.CCC(C)(C)C(=O)CCOCCCOC.CCC(C)C(=O)OCCC[Si](C)(O[Si](C)(C)C)O[Si](C)(C)C.CCC(C)c1ccc(O)cc1.O. The fourth-order valence-corrected chi connectivity index (χ4v) is 16.9. The Bertz CT molecular complexity index is 977. The number of hydrogen-bond donors (Lipinski definition) is 1. The number of benzene rings is 1. The van der Waals surface area contributed by atoms with Crippen LogP contribution in [0.2, 0.25) is 51.9 Å². The van der Waals surface area contributed by atoms with Crippen molar-refractivity contribution in [1.82, 2.24) is 0 Å². The monoisotopic (exact) mass is 877 g/mol. The van der Waals surface area contributed by atoms with Gasteiger partial charge >= 0.3 is 14.5 Å². The second-order valence-electron chi connectivity index (χ2n) is 15.4. The molecule has 3 N–H and O–H groups in total. The molecule has 0 aliphatic rings. The first-order chi connectivity index (χ1) is 22.1. The van der Waals surface area contributed by atoms with Gasteiger partial charge in [-0.2, -0.15) is 0 Å². The number of Topliss-reactive ketones (excluding diaryl/α,β-unsaturated/α-hetero) is 1. The topological polar surface area (TPSA) is 132 Å². The Morgan fingerprint density at radius 3 is 1.53 bits per heavy atom. The Morgan fingerprint density at radius 1 is 0.702 bits per heavy atom. The van der Waals surface area contributed by atoms with Gasteiger partial charge in [-0.3, -0.25) is 9.59 Å². The van der Waals surface area contributed by atoms with Gasteiger partial charge in [0.2, 0.25) is 0 Å². The van der Waals surface area contributed by atoms with E-state index in [-0.39, 0.29) is 88.0 Å². The summed E-state index contributed by atoms with van der Waals surface area (Å²) in [6.45, 7) is 32.0. The molecule has 2 atom stereocenters. The van der Waals surface area contributed by atoms with Crippen LogP contribution in [-0.4, -0.2) is 81.1 Å². The van der Waals surface area contributed by atoms with Gasteiger partial charge < -0.3 is 33.0 Å². The molecule has 0 amide bonds. The first-order valence-electron chi connectivity index (χ1n) is 18.0. The van der Waals surface area contributed by atoms with E-state index in [4.69, 9.17) is 27.5 Å². The summed E-state index contributed by atoms with van der Waals surface area (Å²) in [4.78, 5) is 23.4. The zero-order valence-electron chi connectivity index (χ0n) is 34.0. The minimum Gasteiger partial charge on any atom is -0.508 e. The average molecular weight is 878 g/mol. The number of esters is 1. The van der Waals surface area contributed by atoms with Gasteiger partial charge in [0.05, 0.1) is 19.1 Å². The highest BCUT2D eigenvalue weighted by Gasteiger charge is 2.39. The van der Waals surface area contributed by atoms with Crippen LogP contribution in [0.1, 0.15) is 158 Å². The van der Waals surface area contributed by atoms with E-state index in [1.54, 1.807) is 19.2 Å². The molecule has 0 saturated carbocycles. The van der Waals surface area contributed by atoms with E-state index in [2.05, 4.69) is 59.7 Å². The molecule has 57 heavy (non-hydrogen) atoms. The maximum atomic E-state index is 11.7. The highest BCUT2D eigenvalue weighted by atomic mass is 28.5. The molecule has 1 rings (SSSR count).